The van der Waals surface area contributed by atoms with Crippen LogP contribution < -0.4 is 0 Å². The molecule has 2 nitrogen and oxygen atoms in total. The van der Waals surface area contributed by atoms with Crippen LogP contribution in [0.1, 0.15) is 0 Å². The van der Waals surface area contributed by atoms with Crippen LogP contribution in [0, 0.1) is 5.76 Å². The zero-order chi connectivity index (χ0) is 8.58. The molecule has 0 aromatic heterocycles. The number of hydrogen-bond donors (Lipinski definition) is 0. The van der Waals surface area contributed by atoms with Gasteiger partial charge in [-0.3, -0.25) is 0 Å². The van der Waals surface area contributed by atoms with E-state index in [0.29, 0.717) is 0 Å². The maximum atomic E-state index is 11.0. The zero-order valence-electron chi connectivity index (χ0n) is 4.11. The van der Waals surface area contributed by atoms with Gasteiger partial charge in [-0.2, -0.15) is 22.0 Å². The van der Waals surface area contributed by atoms with Gasteiger partial charge in [0.2, 0.25) is 0 Å². The Morgan fingerprint density at radius 1 is 1.10 bits per heavy atom. The van der Waals surface area contributed by atoms with E-state index in [1.165, 1.54) is 0 Å². The lowest BCUT2D eigenvalue weighted by atomic mass is 11.5. The molecule has 0 aromatic rings. The van der Waals surface area contributed by atoms with Crippen LogP contribution in [-0.4, -0.2) is 13.9 Å². The fourth-order valence-corrected chi connectivity index (χ4v) is 0.262. The van der Waals surface area contributed by atoms with Gasteiger partial charge in [-0.25, -0.2) is 8.42 Å². The standard InChI is InChI=1S/C2F5O2S/c3-1(4)10(8,9)2(5,6)7. The van der Waals surface area contributed by atoms with Crippen LogP contribution in [0.4, 0.5) is 22.0 Å². The predicted octanol–water partition coefficient (Wildman–Crippen LogP) is 1.31. The van der Waals surface area contributed by atoms with Gasteiger partial charge in [-0.1, -0.05) is 0 Å². The highest BCUT2D eigenvalue weighted by Crippen LogP contribution is 2.31. The Morgan fingerprint density at radius 2 is 1.40 bits per heavy atom. The van der Waals surface area contributed by atoms with Gasteiger partial charge in [-0.15, -0.1) is 0 Å². The van der Waals surface area contributed by atoms with Crippen molar-refractivity contribution in [3.63, 3.8) is 0 Å². The van der Waals surface area contributed by atoms with E-state index in [4.69, 9.17) is 0 Å². The highest BCUT2D eigenvalue weighted by Gasteiger charge is 2.53. The second-order valence-electron chi connectivity index (χ2n) is 1.17. The van der Waals surface area contributed by atoms with E-state index in [2.05, 4.69) is 0 Å². The first-order valence-corrected chi connectivity index (χ1v) is 3.17. The average Bonchev–Trinajstić information content (AvgIpc) is 1.62. The van der Waals surface area contributed by atoms with Crippen LogP contribution in [0.2, 0.25) is 0 Å². The first kappa shape index (κ1) is 9.60. The molecule has 8 heteroatoms. The molecule has 0 atom stereocenters. The largest absolute Gasteiger partial charge is 0.503 e. The Hall–Kier alpha value is -0.400. The third-order valence-electron chi connectivity index (χ3n) is 0.508. The van der Waals surface area contributed by atoms with E-state index < -0.39 is 21.1 Å². The Kier molecular flexibility index (Phi) is 2.24. The van der Waals surface area contributed by atoms with Crippen LogP contribution in [0.25, 0.3) is 0 Å². The van der Waals surface area contributed by atoms with Gasteiger partial charge in [-0.05, 0) is 0 Å². The summed E-state index contributed by atoms with van der Waals surface area (Å²) in [6.07, 6.45) is 0. The second-order valence-corrected chi connectivity index (χ2v) is 2.95. The normalized spacial score (nSPS) is 14.2. The molecule has 0 unspecified atom stereocenters. The molecule has 0 bridgehead atoms. The molecule has 0 amide bonds. The van der Waals surface area contributed by atoms with Crippen LogP contribution in [0.5, 0.6) is 0 Å². The van der Waals surface area contributed by atoms with Crippen molar-refractivity contribution in [1.29, 1.82) is 0 Å². The van der Waals surface area contributed by atoms with Crippen molar-refractivity contribution in [3.05, 3.63) is 5.76 Å². The van der Waals surface area contributed by atoms with E-state index in [0.717, 1.165) is 0 Å². The van der Waals surface area contributed by atoms with Gasteiger partial charge in [0, 0.05) is 0 Å². The van der Waals surface area contributed by atoms with E-state index in [-0.39, 0.29) is 0 Å². The number of rotatable bonds is 1. The smallest absolute Gasteiger partial charge is 0.213 e. The summed E-state index contributed by atoms with van der Waals surface area (Å²) in [7, 11) is -6.33. The van der Waals surface area contributed by atoms with Crippen LogP contribution >= 0.6 is 0 Å². The monoisotopic (exact) mass is 183 g/mol. The van der Waals surface area contributed by atoms with E-state index in [9.17, 15) is 30.4 Å². The Balaban J connectivity index is 4.79. The molecule has 10 heavy (non-hydrogen) atoms. The van der Waals surface area contributed by atoms with Gasteiger partial charge in [0.1, 0.15) is 0 Å². The van der Waals surface area contributed by atoms with Crippen molar-refractivity contribution in [2.75, 3.05) is 0 Å². The van der Waals surface area contributed by atoms with Gasteiger partial charge < -0.3 is 0 Å². The minimum Gasteiger partial charge on any atom is -0.213 e. The highest BCUT2D eigenvalue weighted by atomic mass is 32.2. The molecular formula is C2F5O2S. The molecule has 0 aliphatic rings. The van der Waals surface area contributed by atoms with E-state index >= 15 is 0 Å². The number of hydrogen-bond acceptors (Lipinski definition) is 2. The summed E-state index contributed by atoms with van der Waals surface area (Å²) < 4.78 is 73.7. The maximum Gasteiger partial charge on any atom is 0.503 e. The molecule has 0 aromatic carbocycles. The molecule has 0 N–H and O–H groups in total. The summed E-state index contributed by atoms with van der Waals surface area (Å²) in [5, 5.41) is 0. The maximum absolute atomic E-state index is 11.0. The molecule has 0 heterocycles. The Bertz CT molecular complexity index is 200. The summed E-state index contributed by atoms with van der Waals surface area (Å²) in [4.78, 5) is 0. The summed E-state index contributed by atoms with van der Waals surface area (Å²) in [6, 6.07) is 0. The third kappa shape index (κ3) is 1.55. The molecule has 0 aliphatic heterocycles. The van der Waals surface area contributed by atoms with Crippen molar-refractivity contribution >= 4 is 9.84 Å². The third-order valence-corrected chi connectivity index (χ3v) is 1.52. The molecule has 61 valence electrons. The highest BCUT2D eigenvalue weighted by molar-refractivity contribution is 7.94. The van der Waals surface area contributed by atoms with Crippen LogP contribution in [-0.2, 0) is 9.84 Å². The predicted molar refractivity (Wildman–Crippen MR) is 20.4 cm³/mol. The lowest BCUT2D eigenvalue weighted by molar-refractivity contribution is -0.0454. The second kappa shape index (κ2) is 2.33. The Morgan fingerprint density at radius 3 is 1.40 bits per heavy atom. The summed E-state index contributed by atoms with van der Waals surface area (Å²) in [5.41, 5.74) is -5.90. The summed E-state index contributed by atoms with van der Waals surface area (Å²) in [5.74, 6) is -3.64. The molecule has 0 saturated carbocycles. The van der Waals surface area contributed by atoms with Gasteiger partial charge in [0.05, 0.1) is 0 Å². The molecule has 0 rings (SSSR count). The van der Waals surface area contributed by atoms with Crippen molar-refractivity contribution in [3.8, 4) is 0 Å². The lowest BCUT2D eigenvalue weighted by Gasteiger charge is -2.03. The van der Waals surface area contributed by atoms with Crippen molar-refractivity contribution in [1.82, 2.24) is 0 Å². The summed E-state index contributed by atoms with van der Waals surface area (Å²) >= 11 is 0. The van der Waals surface area contributed by atoms with Crippen molar-refractivity contribution < 1.29 is 30.4 Å². The van der Waals surface area contributed by atoms with Gasteiger partial charge in [0.15, 0.2) is 0 Å². The molecule has 0 saturated heterocycles. The summed E-state index contributed by atoms with van der Waals surface area (Å²) in [6.45, 7) is 0. The fraction of sp³-hybridized carbons (Fsp3) is 0.500. The van der Waals surface area contributed by atoms with Crippen LogP contribution in [0.15, 0.2) is 0 Å². The molecular weight excluding hydrogens is 183 g/mol. The number of halogens is 5. The molecule has 0 aliphatic carbocycles. The Labute approximate surface area is 52.6 Å². The van der Waals surface area contributed by atoms with Crippen LogP contribution in [0.3, 0.4) is 0 Å². The first-order chi connectivity index (χ1) is 4.19. The van der Waals surface area contributed by atoms with E-state index in [1.807, 2.05) is 0 Å². The van der Waals surface area contributed by atoms with Crippen molar-refractivity contribution in [2.24, 2.45) is 0 Å². The van der Waals surface area contributed by atoms with Gasteiger partial charge >= 0.3 is 21.1 Å². The topological polar surface area (TPSA) is 34.1 Å². The van der Waals surface area contributed by atoms with E-state index in [1.54, 1.807) is 0 Å². The molecule has 0 fully saturated rings. The molecule has 1 radical (unpaired) electrons. The minimum absolute atomic E-state index is 3.64. The fourth-order valence-electron chi connectivity index (χ4n) is 0.0875. The average molecular weight is 183 g/mol. The minimum atomic E-state index is -6.33. The number of sulfone groups is 1. The zero-order valence-corrected chi connectivity index (χ0v) is 4.93. The number of alkyl halides is 3. The SMILES string of the molecule is O=S(=O)([C](F)F)C(F)(F)F. The lowest BCUT2D eigenvalue weighted by Crippen LogP contribution is -2.25. The van der Waals surface area contributed by atoms with Gasteiger partial charge in [0.25, 0.3) is 0 Å². The first-order valence-electron chi connectivity index (χ1n) is 1.69. The van der Waals surface area contributed by atoms with Crippen molar-refractivity contribution in [2.45, 2.75) is 5.51 Å². The quantitative estimate of drug-likeness (QED) is 0.574. The molecule has 0 spiro atoms.